The van der Waals surface area contributed by atoms with Gasteiger partial charge in [0.2, 0.25) is 0 Å². The molecule has 2 rings (SSSR count). The Morgan fingerprint density at radius 3 is 2.25 bits per heavy atom. The van der Waals surface area contributed by atoms with Crippen molar-refractivity contribution in [3.8, 4) is 11.3 Å². The maximum Gasteiger partial charge on any atom is 0.255 e. The average Bonchev–Trinajstić information content (AvgIpc) is 2.46. The summed E-state index contributed by atoms with van der Waals surface area (Å²) < 4.78 is 1.85. The summed E-state index contributed by atoms with van der Waals surface area (Å²) in [7, 11) is 0. The van der Waals surface area contributed by atoms with Gasteiger partial charge in [0.15, 0.2) is 0 Å². The molecular formula is C17H21NOS. The number of nitrogens with zero attached hydrogens (tertiary/aromatic N) is 1. The zero-order chi connectivity index (χ0) is 14.7. The van der Waals surface area contributed by atoms with Crippen molar-refractivity contribution in [2.45, 2.75) is 39.0 Å². The van der Waals surface area contributed by atoms with E-state index in [9.17, 15) is 4.79 Å². The Morgan fingerprint density at radius 1 is 1.10 bits per heavy atom. The lowest BCUT2D eigenvalue weighted by molar-refractivity contribution is 0.582. The van der Waals surface area contributed by atoms with Gasteiger partial charge in [-0.3, -0.25) is 4.79 Å². The van der Waals surface area contributed by atoms with Crippen LogP contribution in [0.3, 0.4) is 0 Å². The van der Waals surface area contributed by atoms with Gasteiger partial charge in [-0.25, -0.2) is 0 Å². The number of benzene rings is 1. The number of thiol groups is 1. The molecule has 1 heterocycles. The second-order valence-corrected chi connectivity index (χ2v) is 5.54. The molecule has 0 unspecified atom stereocenters. The first kappa shape index (κ1) is 14.9. The second-order valence-electron chi connectivity index (χ2n) is 5.22. The van der Waals surface area contributed by atoms with Crippen molar-refractivity contribution >= 4 is 12.6 Å². The molecule has 1 aromatic carbocycles. The van der Waals surface area contributed by atoms with Crippen molar-refractivity contribution in [3.05, 3.63) is 57.9 Å². The monoisotopic (exact) mass is 287 g/mol. The first-order valence-corrected chi connectivity index (χ1v) is 7.66. The Kier molecular flexibility index (Phi) is 4.71. The van der Waals surface area contributed by atoms with Gasteiger partial charge in [-0.15, -0.1) is 0 Å². The fourth-order valence-corrected chi connectivity index (χ4v) is 2.62. The number of hydrogen-bond donors (Lipinski definition) is 1. The van der Waals surface area contributed by atoms with E-state index < -0.39 is 0 Å². The highest BCUT2D eigenvalue weighted by Crippen LogP contribution is 2.22. The quantitative estimate of drug-likeness (QED) is 0.841. The van der Waals surface area contributed by atoms with Crippen LogP contribution in [0.15, 0.2) is 41.2 Å². The van der Waals surface area contributed by atoms with Crippen molar-refractivity contribution in [2.75, 3.05) is 0 Å². The van der Waals surface area contributed by atoms with E-state index in [0.29, 0.717) is 5.75 Å². The predicted molar refractivity (Wildman–Crippen MR) is 88.6 cm³/mol. The van der Waals surface area contributed by atoms with Crippen LogP contribution < -0.4 is 5.56 Å². The first-order chi connectivity index (χ1) is 9.58. The number of aryl methyl sites for hydroxylation is 1. The molecule has 3 heteroatoms. The van der Waals surface area contributed by atoms with Gasteiger partial charge in [-0.1, -0.05) is 37.3 Å². The predicted octanol–water partition coefficient (Wildman–Crippen LogP) is 4.09. The van der Waals surface area contributed by atoms with Crippen molar-refractivity contribution in [1.29, 1.82) is 0 Å². The Hall–Kier alpha value is -1.48. The number of rotatable bonds is 4. The fourth-order valence-electron chi connectivity index (χ4n) is 2.37. The largest absolute Gasteiger partial charge is 0.306 e. The number of aromatic nitrogens is 1. The molecule has 0 aliphatic rings. The lowest BCUT2D eigenvalue weighted by Crippen LogP contribution is -2.26. The van der Waals surface area contributed by atoms with E-state index in [1.54, 1.807) is 0 Å². The lowest BCUT2D eigenvalue weighted by Gasteiger charge is -2.18. The van der Waals surface area contributed by atoms with Crippen LogP contribution in [0.5, 0.6) is 0 Å². The third-order valence-corrected chi connectivity index (χ3v) is 3.88. The Bertz CT molecular complexity index is 641. The lowest BCUT2D eigenvalue weighted by atomic mass is 10.1. The van der Waals surface area contributed by atoms with Crippen LogP contribution in [-0.4, -0.2) is 4.57 Å². The average molecular weight is 287 g/mol. The summed E-state index contributed by atoms with van der Waals surface area (Å²) in [6, 6.07) is 12.5. The zero-order valence-electron chi connectivity index (χ0n) is 12.3. The van der Waals surface area contributed by atoms with Crippen LogP contribution in [0.25, 0.3) is 11.3 Å². The van der Waals surface area contributed by atoms with E-state index in [4.69, 9.17) is 0 Å². The molecule has 0 amide bonds. The maximum atomic E-state index is 12.5. The second kappa shape index (κ2) is 6.31. The molecule has 0 saturated carbocycles. The molecule has 20 heavy (non-hydrogen) atoms. The molecule has 0 fully saturated rings. The minimum Gasteiger partial charge on any atom is -0.306 e. The Balaban J connectivity index is 2.61. The molecule has 0 aliphatic carbocycles. The van der Waals surface area contributed by atoms with Gasteiger partial charge in [-0.2, -0.15) is 12.6 Å². The van der Waals surface area contributed by atoms with E-state index in [-0.39, 0.29) is 11.6 Å². The molecule has 1 aromatic heterocycles. The summed E-state index contributed by atoms with van der Waals surface area (Å²) in [4.78, 5) is 12.5. The summed E-state index contributed by atoms with van der Waals surface area (Å²) in [6.45, 7) is 6.21. The summed E-state index contributed by atoms with van der Waals surface area (Å²) in [5.74, 6) is 0.473. The normalized spacial score (nSPS) is 11.1. The molecule has 0 radical (unpaired) electrons. The topological polar surface area (TPSA) is 22.0 Å². The molecule has 0 bridgehead atoms. The zero-order valence-corrected chi connectivity index (χ0v) is 13.2. The minimum absolute atomic E-state index is 0.0621. The highest BCUT2D eigenvalue weighted by atomic mass is 32.1. The number of pyridine rings is 1. The smallest absolute Gasteiger partial charge is 0.255 e. The highest BCUT2D eigenvalue weighted by Gasteiger charge is 2.12. The van der Waals surface area contributed by atoms with Gasteiger partial charge >= 0.3 is 0 Å². The standard InChI is InChI=1S/C17H21NOS/c1-4-13-5-7-14(8-6-13)16-10-9-15(11-20)17(19)18(16)12(2)3/h5-10,12,20H,4,11H2,1-3H3. The van der Waals surface area contributed by atoms with Gasteiger partial charge in [0, 0.05) is 17.4 Å². The minimum atomic E-state index is 0.0621. The third-order valence-electron chi connectivity index (χ3n) is 3.54. The van der Waals surface area contributed by atoms with E-state index in [1.165, 1.54) is 5.56 Å². The Labute approximate surface area is 125 Å². The summed E-state index contributed by atoms with van der Waals surface area (Å²) in [5, 5.41) is 0. The van der Waals surface area contributed by atoms with Crippen molar-refractivity contribution in [2.24, 2.45) is 0 Å². The van der Waals surface area contributed by atoms with Gasteiger partial charge in [0.1, 0.15) is 0 Å². The van der Waals surface area contributed by atoms with Gasteiger partial charge in [0.25, 0.3) is 5.56 Å². The summed E-state index contributed by atoms with van der Waals surface area (Å²) in [6.07, 6.45) is 1.02. The van der Waals surface area contributed by atoms with Gasteiger partial charge in [0.05, 0.1) is 5.69 Å². The van der Waals surface area contributed by atoms with Gasteiger partial charge in [-0.05, 0) is 37.5 Å². The molecule has 2 nitrogen and oxygen atoms in total. The molecule has 0 aliphatic heterocycles. The maximum absolute atomic E-state index is 12.5. The van der Waals surface area contributed by atoms with E-state index in [0.717, 1.165) is 23.2 Å². The molecule has 0 atom stereocenters. The molecule has 106 valence electrons. The molecular weight excluding hydrogens is 266 g/mol. The van der Waals surface area contributed by atoms with E-state index in [2.05, 4.69) is 43.8 Å². The molecule has 0 saturated heterocycles. The van der Waals surface area contributed by atoms with Crippen molar-refractivity contribution in [3.63, 3.8) is 0 Å². The van der Waals surface area contributed by atoms with Crippen LogP contribution in [0.2, 0.25) is 0 Å². The molecule has 0 N–H and O–H groups in total. The van der Waals surface area contributed by atoms with Crippen molar-refractivity contribution in [1.82, 2.24) is 4.57 Å². The summed E-state index contributed by atoms with van der Waals surface area (Å²) >= 11 is 4.23. The van der Waals surface area contributed by atoms with E-state index in [1.807, 2.05) is 30.5 Å². The van der Waals surface area contributed by atoms with Crippen LogP contribution in [0, 0.1) is 0 Å². The van der Waals surface area contributed by atoms with Crippen LogP contribution in [0.4, 0.5) is 0 Å². The SMILES string of the molecule is CCc1ccc(-c2ccc(CS)c(=O)n2C(C)C)cc1. The van der Waals surface area contributed by atoms with Crippen molar-refractivity contribution < 1.29 is 0 Å². The summed E-state index contributed by atoms with van der Waals surface area (Å²) in [5.41, 5.74) is 4.17. The van der Waals surface area contributed by atoms with E-state index >= 15 is 0 Å². The number of hydrogen-bond acceptors (Lipinski definition) is 2. The molecule has 0 spiro atoms. The fraction of sp³-hybridized carbons (Fsp3) is 0.353. The van der Waals surface area contributed by atoms with Gasteiger partial charge < -0.3 is 4.57 Å². The third kappa shape index (κ3) is 2.83. The van der Waals surface area contributed by atoms with Crippen LogP contribution >= 0.6 is 12.6 Å². The van der Waals surface area contributed by atoms with Crippen LogP contribution in [0.1, 0.15) is 37.9 Å². The highest BCUT2D eigenvalue weighted by molar-refractivity contribution is 7.79. The van der Waals surface area contributed by atoms with Crippen LogP contribution in [-0.2, 0) is 12.2 Å². The first-order valence-electron chi connectivity index (χ1n) is 7.03. The Morgan fingerprint density at radius 2 is 1.75 bits per heavy atom. The molecule has 2 aromatic rings.